The van der Waals surface area contributed by atoms with Crippen LogP contribution >= 0.6 is 11.3 Å². The molecule has 0 radical (unpaired) electrons. The Morgan fingerprint density at radius 3 is 2.45 bits per heavy atom. The SMILES string of the molecule is CCCCCC[S+]([O-])c1nnc(S(=O)(=O)CCCC)s1. The first-order chi connectivity index (χ1) is 9.51. The minimum atomic E-state index is -3.35. The van der Waals surface area contributed by atoms with Crippen molar-refractivity contribution >= 4 is 32.3 Å². The minimum absolute atomic E-state index is 0.00265. The summed E-state index contributed by atoms with van der Waals surface area (Å²) in [5.41, 5.74) is 0. The van der Waals surface area contributed by atoms with Crippen LogP contribution in [0.2, 0.25) is 0 Å². The van der Waals surface area contributed by atoms with Gasteiger partial charge >= 0.3 is 4.34 Å². The average Bonchev–Trinajstić information content (AvgIpc) is 2.92. The predicted molar refractivity (Wildman–Crippen MR) is 82.3 cm³/mol. The molecule has 1 rings (SSSR count). The molecule has 0 N–H and O–H groups in total. The topological polar surface area (TPSA) is 83.0 Å². The number of nitrogens with zero attached hydrogens (tertiary/aromatic N) is 2. The Hall–Kier alpha value is -0.180. The van der Waals surface area contributed by atoms with Crippen molar-refractivity contribution in [2.75, 3.05) is 11.5 Å². The quantitative estimate of drug-likeness (QED) is 0.484. The second-order valence-electron chi connectivity index (χ2n) is 4.62. The van der Waals surface area contributed by atoms with E-state index in [1.165, 1.54) is 0 Å². The van der Waals surface area contributed by atoms with Crippen LogP contribution in [0.4, 0.5) is 0 Å². The van der Waals surface area contributed by atoms with Crippen molar-refractivity contribution in [1.29, 1.82) is 0 Å². The van der Waals surface area contributed by atoms with Crippen molar-refractivity contribution in [1.82, 2.24) is 10.2 Å². The number of rotatable bonds is 10. The van der Waals surface area contributed by atoms with Crippen LogP contribution in [-0.2, 0) is 21.0 Å². The maximum Gasteiger partial charge on any atom is 0.322 e. The number of hydrogen-bond donors (Lipinski definition) is 0. The monoisotopic (exact) mass is 338 g/mol. The van der Waals surface area contributed by atoms with E-state index in [1.54, 1.807) is 0 Å². The molecule has 8 heteroatoms. The standard InChI is InChI=1S/C12H22N2O3S3/c1-3-5-7-8-9-19(15)11-13-14-12(18-11)20(16,17)10-6-4-2/h3-10H2,1-2H3. The fourth-order valence-corrected chi connectivity index (χ4v) is 5.69. The molecule has 0 bridgehead atoms. The molecular formula is C12H22N2O3S3. The molecule has 1 atom stereocenters. The van der Waals surface area contributed by atoms with E-state index in [0.717, 1.165) is 43.4 Å². The Morgan fingerprint density at radius 2 is 1.80 bits per heavy atom. The summed E-state index contributed by atoms with van der Waals surface area (Å²) in [4.78, 5) is 0. The lowest BCUT2D eigenvalue weighted by molar-refractivity contribution is 0.584. The maximum absolute atomic E-state index is 12.0. The Bertz CT molecular complexity index is 488. The summed E-state index contributed by atoms with van der Waals surface area (Å²) in [6.07, 6.45) is 5.60. The van der Waals surface area contributed by atoms with Gasteiger partial charge in [0.15, 0.2) is 0 Å². The van der Waals surface area contributed by atoms with Gasteiger partial charge in [0.05, 0.1) is 5.75 Å². The van der Waals surface area contributed by atoms with E-state index in [-0.39, 0.29) is 10.1 Å². The summed E-state index contributed by atoms with van der Waals surface area (Å²) in [7, 11) is -3.35. The van der Waals surface area contributed by atoms with Crippen molar-refractivity contribution in [3.63, 3.8) is 0 Å². The third kappa shape index (κ3) is 5.67. The van der Waals surface area contributed by atoms with E-state index in [2.05, 4.69) is 17.1 Å². The lowest BCUT2D eigenvalue weighted by Gasteiger charge is -2.05. The van der Waals surface area contributed by atoms with Crippen LogP contribution in [0.5, 0.6) is 0 Å². The van der Waals surface area contributed by atoms with Gasteiger partial charge in [0, 0.05) is 11.2 Å². The lowest BCUT2D eigenvalue weighted by Crippen LogP contribution is -2.06. The Balaban J connectivity index is 2.57. The zero-order chi connectivity index (χ0) is 15.0. The lowest BCUT2D eigenvalue weighted by atomic mass is 10.2. The van der Waals surface area contributed by atoms with Crippen molar-refractivity contribution in [2.45, 2.75) is 61.1 Å². The predicted octanol–water partition coefficient (Wildman–Crippen LogP) is 2.80. The van der Waals surface area contributed by atoms with E-state index in [0.29, 0.717) is 16.5 Å². The van der Waals surface area contributed by atoms with Crippen molar-refractivity contribution < 1.29 is 13.0 Å². The van der Waals surface area contributed by atoms with Gasteiger partial charge in [-0.25, -0.2) is 8.42 Å². The zero-order valence-electron chi connectivity index (χ0n) is 12.0. The molecule has 5 nitrogen and oxygen atoms in total. The largest absolute Gasteiger partial charge is 0.610 e. The Kier molecular flexibility index (Phi) is 8.01. The fraction of sp³-hybridized carbons (Fsp3) is 0.833. The van der Waals surface area contributed by atoms with Gasteiger partial charge in [-0.15, -0.1) is 5.10 Å². The molecule has 1 heterocycles. The molecule has 0 aliphatic carbocycles. The second-order valence-corrected chi connectivity index (χ2v) is 9.62. The summed E-state index contributed by atoms with van der Waals surface area (Å²) >= 11 is -0.274. The first-order valence-electron chi connectivity index (χ1n) is 6.96. The highest BCUT2D eigenvalue weighted by Crippen LogP contribution is 2.23. The summed E-state index contributed by atoms with van der Waals surface area (Å²) in [6.45, 7) is 4.06. The van der Waals surface area contributed by atoms with Gasteiger partial charge in [-0.2, -0.15) is 0 Å². The zero-order valence-corrected chi connectivity index (χ0v) is 14.5. The molecule has 1 aromatic rings. The van der Waals surface area contributed by atoms with E-state index in [4.69, 9.17) is 0 Å². The van der Waals surface area contributed by atoms with Crippen LogP contribution in [0.1, 0.15) is 52.4 Å². The summed E-state index contributed by atoms with van der Waals surface area (Å²) < 4.78 is 36.2. The van der Waals surface area contributed by atoms with Crippen LogP contribution in [0.3, 0.4) is 0 Å². The highest BCUT2D eigenvalue weighted by atomic mass is 32.3. The normalized spacial score (nSPS) is 13.6. The Morgan fingerprint density at radius 1 is 1.10 bits per heavy atom. The molecule has 1 unspecified atom stereocenters. The summed E-state index contributed by atoms with van der Waals surface area (Å²) in [5.74, 6) is 0.616. The highest BCUT2D eigenvalue weighted by Gasteiger charge is 2.24. The van der Waals surface area contributed by atoms with Gasteiger partial charge in [0.2, 0.25) is 14.2 Å². The van der Waals surface area contributed by atoms with Crippen LogP contribution in [-0.4, -0.2) is 34.7 Å². The van der Waals surface area contributed by atoms with Gasteiger partial charge in [0.1, 0.15) is 5.75 Å². The van der Waals surface area contributed by atoms with E-state index in [1.807, 2.05) is 6.92 Å². The first kappa shape index (κ1) is 17.9. The number of sulfone groups is 1. The molecule has 0 saturated carbocycles. The molecule has 0 aliphatic rings. The minimum Gasteiger partial charge on any atom is -0.610 e. The van der Waals surface area contributed by atoms with Gasteiger partial charge in [-0.1, -0.05) is 38.2 Å². The van der Waals surface area contributed by atoms with Crippen LogP contribution in [0.25, 0.3) is 0 Å². The molecule has 0 aliphatic heterocycles. The van der Waals surface area contributed by atoms with Crippen LogP contribution < -0.4 is 0 Å². The van der Waals surface area contributed by atoms with Gasteiger partial charge in [0.25, 0.3) is 0 Å². The fourth-order valence-electron chi connectivity index (χ4n) is 1.58. The molecule has 20 heavy (non-hydrogen) atoms. The highest BCUT2D eigenvalue weighted by molar-refractivity contribution is 7.95. The third-order valence-electron chi connectivity index (χ3n) is 2.80. The number of unbranched alkanes of at least 4 members (excludes halogenated alkanes) is 4. The first-order valence-corrected chi connectivity index (χ1v) is 10.7. The van der Waals surface area contributed by atoms with Gasteiger partial charge in [-0.05, 0) is 30.6 Å². The summed E-state index contributed by atoms with van der Waals surface area (Å²) in [6, 6.07) is 0. The van der Waals surface area contributed by atoms with E-state index in [9.17, 15) is 13.0 Å². The molecule has 0 spiro atoms. The Labute approximate surface area is 128 Å². The number of hydrogen-bond acceptors (Lipinski definition) is 6. The van der Waals surface area contributed by atoms with Gasteiger partial charge in [-0.3, -0.25) is 0 Å². The molecule has 0 fully saturated rings. The van der Waals surface area contributed by atoms with Crippen molar-refractivity contribution in [3.8, 4) is 0 Å². The smallest absolute Gasteiger partial charge is 0.322 e. The van der Waals surface area contributed by atoms with E-state index < -0.39 is 21.0 Å². The van der Waals surface area contributed by atoms with Crippen LogP contribution in [0.15, 0.2) is 8.68 Å². The second kappa shape index (κ2) is 8.96. The molecule has 116 valence electrons. The molecule has 0 aromatic carbocycles. The molecular weight excluding hydrogens is 316 g/mol. The third-order valence-corrected chi connectivity index (χ3v) is 7.70. The molecule has 0 saturated heterocycles. The summed E-state index contributed by atoms with van der Waals surface area (Å²) in [5, 5.41) is 7.47. The number of aromatic nitrogens is 2. The van der Waals surface area contributed by atoms with E-state index >= 15 is 0 Å². The van der Waals surface area contributed by atoms with Gasteiger partial charge < -0.3 is 4.55 Å². The van der Waals surface area contributed by atoms with Crippen molar-refractivity contribution in [2.24, 2.45) is 0 Å². The molecule has 1 aromatic heterocycles. The van der Waals surface area contributed by atoms with Crippen molar-refractivity contribution in [3.05, 3.63) is 0 Å². The van der Waals surface area contributed by atoms with Crippen LogP contribution in [0, 0.1) is 0 Å². The average molecular weight is 339 g/mol. The molecule has 0 amide bonds. The maximum atomic E-state index is 12.0.